The fourth-order valence-electron chi connectivity index (χ4n) is 6.38. The van der Waals surface area contributed by atoms with Crippen molar-refractivity contribution in [2.24, 2.45) is 9.98 Å². The maximum Gasteiger partial charge on any atom is 0.223 e. The van der Waals surface area contributed by atoms with Crippen molar-refractivity contribution in [3.63, 3.8) is 0 Å². The third-order valence-electron chi connectivity index (χ3n) is 9.21. The molecule has 0 aromatic heterocycles. The Balaban J connectivity index is 0.000000167. The van der Waals surface area contributed by atoms with Gasteiger partial charge in [-0.15, -0.1) is 0 Å². The van der Waals surface area contributed by atoms with Crippen LogP contribution in [0.1, 0.15) is 48.2 Å². The van der Waals surface area contributed by atoms with Crippen LogP contribution in [0.25, 0.3) is 22.3 Å². The van der Waals surface area contributed by atoms with Gasteiger partial charge in [0, 0.05) is 10.0 Å². The van der Waals surface area contributed by atoms with E-state index in [1.807, 2.05) is 111 Å². The van der Waals surface area contributed by atoms with E-state index < -0.39 is 23.3 Å². The first-order valence-electron chi connectivity index (χ1n) is 17.1. The van der Waals surface area contributed by atoms with Crippen LogP contribution in [0.3, 0.4) is 0 Å². The lowest BCUT2D eigenvalue weighted by atomic mass is 9.99. The summed E-state index contributed by atoms with van der Waals surface area (Å²) in [6.45, 7) is 3.68. The van der Waals surface area contributed by atoms with Gasteiger partial charge in [0.15, 0.2) is 0 Å². The van der Waals surface area contributed by atoms with Gasteiger partial charge >= 0.3 is 0 Å². The number of benzene rings is 6. The third kappa shape index (κ3) is 7.91. The molecule has 0 amide bonds. The molecule has 2 aliphatic heterocycles. The molecular weight excluding hydrogens is 735 g/mol. The summed E-state index contributed by atoms with van der Waals surface area (Å²) in [6, 6.07) is 37.8. The molecule has 272 valence electrons. The molecule has 54 heavy (non-hydrogen) atoms. The normalized spacial score (nSPS) is 18.9. The van der Waals surface area contributed by atoms with Gasteiger partial charge in [-0.1, -0.05) is 108 Å². The lowest BCUT2D eigenvalue weighted by Crippen LogP contribution is -2.14. The van der Waals surface area contributed by atoms with E-state index >= 15 is 0 Å². The van der Waals surface area contributed by atoms with Gasteiger partial charge in [-0.25, -0.2) is 27.5 Å². The highest BCUT2D eigenvalue weighted by atomic mass is 35.5. The van der Waals surface area contributed by atoms with Crippen molar-refractivity contribution in [1.82, 2.24) is 0 Å². The maximum absolute atomic E-state index is 14.0. The lowest BCUT2D eigenvalue weighted by Gasteiger charge is -2.13. The average Bonchev–Trinajstić information content (AvgIpc) is 3.74. The Bertz CT molecular complexity index is 2130. The first-order valence-corrected chi connectivity index (χ1v) is 17.9. The Hall–Kier alpha value is -5.44. The van der Waals surface area contributed by atoms with Crippen molar-refractivity contribution in [3.05, 3.63) is 189 Å². The Morgan fingerprint density at radius 3 is 1.00 bits per heavy atom. The molecule has 0 spiro atoms. The van der Waals surface area contributed by atoms with E-state index in [1.54, 1.807) is 0 Å². The molecule has 8 rings (SSSR count). The minimum absolute atomic E-state index is 0.00452. The van der Waals surface area contributed by atoms with E-state index in [1.165, 1.54) is 36.4 Å². The van der Waals surface area contributed by atoms with Gasteiger partial charge in [0.05, 0.1) is 0 Å². The first kappa shape index (κ1) is 36.9. The van der Waals surface area contributed by atoms with Gasteiger partial charge in [-0.05, 0) is 95.8 Å². The molecular formula is C44H32Cl2F4N2O2. The van der Waals surface area contributed by atoms with E-state index in [2.05, 4.69) is 9.98 Å². The number of hydrogen-bond acceptors (Lipinski definition) is 4. The van der Waals surface area contributed by atoms with Crippen molar-refractivity contribution >= 4 is 35.0 Å². The molecule has 0 saturated heterocycles. The first-order chi connectivity index (χ1) is 26.0. The van der Waals surface area contributed by atoms with Crippen LogP contribution >= 0.6 is 23.2 Å². The highest BCUT2D eigenvalue weighted by molar-refractivity contribution is 6.30. The number of hydrogen-bond donors (Lipinski definition) is 0. The maximum atomic E-state index is 14.0. The van der Waals surface area contributed by atoms with Crippen LogP contribution in [0.5, 0.6) is 0 Å². The van der Waals surface area contributed by atoms with Gasteiger partial charge in [-0.3, -0.25) is 0 Å². The van der Waals surface area contributed by atoms with Gasteiger partial charge < -0.3 is 9.47 Å². The highest BCUT2D eigenvalue weighted by Crippen LogP contribution is 2.35. The summed E-state index contributed by atoms with van der Waals surface area (Å²) in [7, 11) is 0. The molecule has 0 N–H and O–H groups in total. The molecule has 0 unspecified atom stereocenters. The Kier molecular flexibility index (Phi) is 10.9. The van der Waals surface area contributed by atoms with E-state index in [0.717, 1.165) is 33.4 Å². The summed E-state index contributed by atoms with van der Waals surface area (Å²) in [5.41, 5.74) is 5.62. The van der Waals surface area contributed by atoms with Gasteiger partial charge in [0.25, 0.3) is 0 Å². The fourth-order valence-corrected chi connectivity index (χ4v) is 6.63. The molecule has 6 aromatic rings. The Morgan fingerprint density at radius 2 is 0.704 bits per heavy atom. The van der Waals surface area contributed by atoms with Gasteiger partial charge in [0.1, 0.15) is 58.7 Å². The smallest absolute Gasteiger partial charge is 0.223 e. The molecule has 0 radical (unpaired) electrons. The third-order valence-corrected chi connectivity index (χ3v) is 9.71. The summed E-state index contributed by atoms with van der Waals surface area (Å²) >= 11 is 11.9. The molecule has 2 heterocycles. The van der Waals surface area contributed by atoms with Gasteiger partial charge in [-0.2, -0.15) is 0 Å². The molecule has 0 fully saturated rings. The summed E-state index contributed by atoms with van der Waals surface area (Å²) in [5, 5.41) is 1.38. The monoisotopic (exact) mass is 766 g/mol. The Labute approximate surface area is 320 Å². The van der Waals surface area contributed by atoms with Crippen LogP contribution in [0.15, 0.2) is 143 Å². The van der Waals surface area contributed by atoms with Crippen molar-refractivity contribution in [1.29, 1.82) is 0 Å². The molecule has 10 heteroatoms. The van der Waals surface area contributed by atoms with Crippen LogP contribution in [0.4, 0.5) is 17.6 Å². The van der Waals surface area contributed by atoms with Crippen LogP contribution in [0, 0.1) is 23.3 Å². The molecule has 0 saturated carbocycles. The molecule has 4 atom stereocenters. The lowest BCUT2D eigenvalue weighted by molar-refractivity contribution is 0.212. The predicted molar refractivity (Wildman–Crippen MR) is 206 cm³/mol. The van der Waals surface area contributed by atoms with Crippen LogP contribution in [-0.4, -0.2) is 24.0 Å². The van der Waals surface area contributed by atoms with Crippen LogP contribution in [-0.2, 0) is 9.47 Å². The van der Waals surface area contributed by atoms with Crippen molar-refractivity contribution in [3.8, 4) is 22.3 Å². The fraction of sp³-hybridized carbons (Fsp3) is 0.136. The van der Waals surface area contributed by atoms with E-state index in [0.29, 0.717) is 10.0 Å². The SMILES string of the molecule is C[C@@H]1OC(c2c(F)cccc2F)=N[C@H]1c1ccc(-c2ccc(Cl)cc2)cc1.C[C@H]1OC(c2c(F)cccc2F)=N[C@@H]1c1ccc(-c2ccc(Cl)cc2)cc1. The Morgan fingerprint density at radius 1 is 0.426 bits per heavy atom. The molecule has 6 aromatic carbocycles. The van der Waals surface area contributed by atoms with Crippen LogP contribution in [0.2, 0.25) is 10.0 Å². The molecule has 2 aliphatic rings. The van der Waals surface area contributed by atoms with E-state index in [9.17, 15) is 17.6 Å². The summed E-state index contributed by atoms with van der Waals surface area (Å²) in [4.78, 5) is 8.88. The van der Waals surface area contributed by atoms with Gasteiger partial charge in [0.2, 0.25) is 11.8 Å². The number of ether oxygens (including phenoxy) is 2. The number of aliphatic imine (C=N–C) groups is 2. The van der Waals surface area contributed by atoms with Crippen molar-refractivity contribution in [2.45, 2.75) is 38.1 Å². The van der Waals surface area contributed by atoms with Crippen molar-refractivity contribution in [2.75, 3.05) is 0 Å². The quantitative estimate of drug-likeness (QED) is 0.158. The predicted octanol–water partition coefficient (Wildman–Crippen LogP) is 12.4. The molecule has 0 aliphatic carbocycles. The second-order valence-electron chi connectivity index (χ2n) is 12.9. The number of rotatable bonds is 6. The second-order valence-corrected chi connectivity index (χ2v) is 13.7. The molecule has 4 nitrogen and oxygen atoms in total. The molecule has 0 bridgehead atoms. The minimum Gasteiger partial charge on any atom is -0.472 e. The zero-order chi connectivity index (χ0) is 37.9. The number of halogens is 6. The van der Waals surface area contributed by atoms with Crippen molar-refractivity contribution < 1.29 is 27.0 Å². The van der Waals surface area contributed by atoms with Crippen LogP contribution < -0.4 is 0 Å². The topological polar surface area (TPSA) is 43.2 Å². The second kappa shape index (κ2) is 15.9. The summed E-state index contributed by atoms with van der Waals surface area (Å²) in [5.74, 6) is -2.71. The average molecular weight is 768 g/mol. The largest absolute Gasteiger partial charge is 0.472 e. The summed E-state index contributed by atoms with van der Waals surface area (Å²) in [6.07, 6.45) is -0.638. The zero-order valence-electron chi connectivity index (χ0n) is 29.0. The standard InChI is InChI=1S/2C22H16ClF2NO/c2*1-13-21(26-22(27-13)20-18(24)3-2-4-19(20)25)16-7-5-14(6-8-16)15-9-11-17(23)12-10-15/h2*2-13,21H,1H3/t2*13-,21+/m10/s1. The zero-order valence-corrected chi connectivity index (χ0v) is 30.5. The van der Waals surface area contributed by atoms with E-state index in [-0.39, 0.29) is 47.2 Å². The number of nitrogens with zero attached hydrogens (tertiary/aromatic N) is 2. The summed E-state index contributed by atoms with van der Waals surface area (Å²) < 4.78 is 67.4. The highest BCUT2D eigenvalue weighted by Gasteiger charge is 2.33. The van der Waals surface area contributed by atoms with E-state index in [4.69, 9.17) is 32.7 Å². The minimum atomic E-state index is -0.681.